The van der Waals surface area contributed by atoms with Crippen LogP contribution in [0, 0.1) is 0 Å². The van der Waals surface area contributed by atoms with E-state index >= 15 is 0 Å². The Balaban J connectivity index is 1.15. The summed E-state index contributed by atoms with van der Waals surface area (Å²) in [5, 5.41) is 9.68. The van der Waals surface area contributed by atoms with Gasteiger partial charge in [0.1, 0.15) is 20.5 Å². The molecule has 3 aliphatic rings. The number of thiazole rings is 1. The minimum Gasteiger partial charge on any atom is -0.480 e. The quantitative estimate of drug-likeness (QED) is 0.126. The van der Waals surface area contributed by atoms with Gasteiger partial charge in [0.05, 0.1) is 9.44 Å². The smallest absolute Gasteiger partial charge is 0.323 e. The topological polar surface area (TPSA) is 65.8 Å². The van der Waals surface area contributed by atoms with E-state index in [4.69, 9.17) is 24.4 Å². The normalized spacial score (nSPS) is 19.3. The molecule has 1 saturated heterocycles. The number of carboxylic acids is 1. The van der Waals surface area contributed by atoms with Crippen molar-refractivity contribution in [3.8, 4) is 0 Å². The van der Waals surface area contributed by atoms with Gasteiger partial charge >= 0.3 is 5.97 Å². The highest BCUT2D eigenvalue weighted by Gasteiger charge is 2.42. The SMILES string of the molecule is CCN1C(=S)S/C(=c2/s/c(=C/c3ccc4c(c3)C3CCCC3N4c3ccc(C=C(c4ccccc4)c4ccccc4)cc3)c(=O)n2CC(=O)O)C1=S. The molecule has 1 aromatic heterocycles. The second-order valence-electron chi connectivity index (χ2n) is 13.1. The van der Waals surface area contributed by atoms with Crippen molar-refractivity contribution in [3.63, 3.8) is 0 Å². The first-order valence-electron chi connectivity index (χ1n) is 17.4. The Kier molecular flexibility index (Phi) is 9.57. The molecule has 0 amide bonds. The number of rotatable bonds is 8. The third kappa shape index (κ3) is 6.38. The lowest BCUT2D eigenvalue weighted by Crippen LogP contribution is -2.35. The zero-order valence-electron chi connectivity index (χ0n) is 28.4. The molecule has 1 saturated carbocycles. The number of carboxylic acid groups (broad SMARTS) is 1. The van der Waals surface area contributed by atoms with Crippen LogP contribution >= 0.6 is 47.5 Å². The summed E-state index contributed by atoms with van der Waals surface area (Å²) < 4.78 is 2.94. The van der Waals surface area contributed by atoms with Gasteiger partial charge in [-0.1, -0.05) is 121 Å². The standard InChI is InChI=1S/C42H35N3O3S4/c1-2-43-40(49)38(52-42(43)50)41-44(25-37(46)47)39(48)36(51-41)24-27-18-21-35-33(23-27)31-14-9-15-34(31)45(35)30-19-16-26(17-20-30)22-32(28-10-5-3-6-11-28)29-12-7-4-8-13-29/h3-8,10-13,16-24,31,34H,2,9,14-15,25H2,1H3,(H,46,47)/b36-24+,41-38+. The summed E-state index contributed by atoms with van der Waals surface area (Å²) in [6.07, 6.45) is 7.55. The molecule has 0 bridgehead atoms. The lowest BCUT2D eigenvalue weighted by Gasteiger charge is -2.27. The molecule has 2 fully saturated rings. The summed E-state index contributed by atoms with van der Waals surface area (Å²) in [5.41, 5.74) is 8.94. The number of fused-ring (bicyclic) bond motifs is 3. The summed E-state index contributed by atoms with van der Waals surface area (Å²) in [5.74, 6) is -0.684. The summed E-state index contributed by atoms with van der Waals surface area (Å²) in [7, 11) is 0. The highest BCUT2D eigenvalue weighted by atomic mass is 32.2. The van der Waals surface area contributed by atoms with E-state index in [0.29, 0.717) is 41.9 Å². The largest absolute Gasteiger partial charge is 0.480 e. The lowest BCUT2D eigenvalue weighted by molar-refractivity contribution is -0.137. The number of aliphatic carboxylic acids is 1. The van der Waals surface area contributed by atoms with Crippen molar-refractivity contribution in [2.75, 3.05) is 11.4 Å². The van der Waals surface area contributed by atoms with Crippen molar-refractivity contribution >= 4 is 96.8 Å². The van der Waals surface area contributed by atoms with Crippen LogP contribution in [0.1, 0.15) is 59.9 Å². The molecule has 1 aliphatic carbocycles. The molecule has 10 heteroatoms. The molecule has 0 spiro atoms. The van der Waals surface area contributed by atoms with Crippen LogP contribution in [0.2, 0.25) is 0 Å². The van der Waals surface area contributed by atoms with Gasteiger partial charge in [0.15, 0.2) is 0 Å². The van der Waals surface area contributed by atoms with E-state index in [1.54, 1.807) is 0 Å². The highest BCUT2D eigenvalue weighted by Crippen LogP contribution is 2.52. The molecule has 1 N–H and O–H groups in total. The maximum Gasteiger partial charge on any atom is 0.323 e. The molecular formula is C42H35N3O3S4. The molecule has 260 valence electrons. The van der Waals surface area contributed by atoms with Gasteiger partial charge in [-0.25, -0.2) is 0 Å². The fourth-order valence-corrected chi connectivity index (χ4v) is 11.0. The minimum absolute atomic E-state index is 0.336. The zero-order valence-corrected chi connectivity index (χ0v) is 31.7. The molecule has 4 aromatic carbocycles. The number of hydrogen-bond acceptors (Lipinski definition) is 7. The average Bonchev–Trinajstić information content (AvgIpc) is 3.90. The van der Waals surface area contributed by atoms with Crippen LogP contribution in [0.3, 0.4) is 0 Å². The molecule has 3 heterocycles. The Labute approximate surface area is 321 Å². The van der Waals surface area contributed by atoms with Gasteiger partial charge in [0.2, 0.25) is 0 Å². The molecule has 52 heavy (non-hydrogen) atoms. The zero-order chi connectivity index (χ0) is 35.9. The van der Waals surface area contributed by atoms with E-state index in [2.05, 4.69) is 102 Å². The molecule has 5 aromatic rings. The number of hydrogen-bond donors (Lipinski definition) is 1. The van der Waals surface area contributed by atoms with E-state index in [1.165, 1.54) is 67.7 Å². The Morgan fingerprint density at radius 2 is 1.58 bits per heavy atom. The fourth-order valence-electron chi connectivity index (χ4n) is 7.69. The van der Waals surface area contributed by atoms with Gasteiger partial charge in [-0.05, 0) is 89.6 Å². The van der Waals surface area contributed by atoms with E-state index < -0.39 is 12.5 Å². The van der Waals surface area contributed by atoms with Gasteiger partial charge in [0, 0.05) is 29.9 Å². The molecule has 2 unspecified atom stereocenters. The van der Waals surface area contributed by atoms with Gasteiger partial charge in [-0.2, -0.15) is 0 Å². The Morgan fingerprint density at radius 1 is 0.904 bits per heavy atom. The third-order valence-electron chi connectivity index (χ3n) is 10.0. The summed E-state index contributed by atoms with van der Waals surface area (Å²) in [4.78, 5) is 31.1. The summed E-state index contributed by atoms with van der Waals surface area (Å²) in [6.45, 7) is 2.13. The van der Waals surface area contributed by atoms with Crippen molar-refractivity contribution in [2.24, 2.45) is 0 Å². The first kappa shape index (κ1) is 34.5. The minimum atomic E-state index is -1.08. The van der Waals surface area contributed by atoms with Gasteiger partial charge < -0.3 is 14.9 Å². The second kappa shape index (κ2) is 14.4. The van der Waals surface area contributed by atoms with Crippen LogP contribution in [0.4, 0.5) is 11.4 Å². The second-order valence-corrected chi connectivity index (χ2v) is 16.2. The van der Waals surface area contributed by atoms with Crippen LogP contribution in [0.5, 0.6) is 0 Å². The predicted octanol–water partition coefficient (Wildman–Crippen LogP) is 7.99. The summed E-state index contributed by atoms with van der Waals surface area (Å²) >= 11 is 13.8. The predicted molar refractivity (Wildman–Crippen MR) is 223 cm³/mol. The number of anilines is 2. The Hall–Kier alpha value is -4.61. The van der Waals surface area contributed by atoms with E-state index in [-0.39, 0.29) is 5.56 Å². The van der Waals surface area contributed by atoms with Gasteiger partial charge in [0.25, 0.3) is 5.56 Å². The number of aromatic nitrogens is 1. The van der Waals surface area contributed by atoms with Crippen LogP contribution in [0.15, 0.2) is 108 Å². The van der Waals surface area contributed by atoms with Crippen molar-refractivity contribution in [1.29, 1.82) is 0 Å². The lowest BCUT2D eigenvalue weighted by atomic mass is 9.95. The van der Waals surface area contributed by atoms with Crippen LogP contribution < -0.4 is 19.7 Å². The molecular weight excluding hydrogens is 723 g/mol. The molecule has 6 nitrogen and oxygen atoms in total. The number of thiocarbonyl (C=S) groups is 2. The van der Waals surface area contributed by atoms with E-state index in [1.807, 2.05) is 30.0 Å². The van der Waals surface area contributed by atoms with Crippen LogP contribution in [-0.4, -0.2) is 42.4 Å². The number of nitrogens with zero attached hydrogens (tertiary/aromatic N) is 3. The maximum atomic E-state index is 13.7. The highest BCUT2D eigenvalue weighted by molar-refractivity contribution is 8.31. The van der Waals surface area contributed by atoms with E-state index in [0.717, 1.165) is 24.0 Å². The molecule has 8 rings (SSSR count). The number of carbonyl (C=O) groups is 1. The third-order valence-corrected chi connectivity index (χ3v) is 13.3. The fraction of sp³-hybridized carbons (Fsp3) is 0.190. The van der Waals surface area contributed by atoms with Gasteiger partial charge in [-0.3, -0.25) is 14.2 Å². The average molecular weight is 758 g/mol. The number of benzene rings is 4. The molecule has 0 radical (unpaired) electrons. The summed E-state index contributed by atoms with van der Waals surface area (Å²) in [6, 6.07) is 36.7. The number of thioether (sulfide) groups is 1. The van der Waals surface area contributed by atoms with Crippen molar-refractivity contribution in [1.82, 2.24) is 9.47 Å². The first-order valence-corrected chi connectivity index (χ1v) is 19.8. The van der Waals surface area contributed by atoms with Crippen molar-refractivity contribution < 1.29 is 9.90 Å². The van der Waals surface area contributed by atoms with Crippen molar-refractivity contribution in [3.05, 3.63) is 150 Å². The molecule has 2 atom stereocenters. The van der Waals surface area contributed by atoms with Crippen molar-refractivity contribution in [2.45, 2.75) is 44.7 Å². The first-order chi connectivity index (χ1) is 25.3. The van der Waals surface area contributed by atoms with Crippen LogP contribution in [-0.2, 0) is 11.3 Å². The van der Waals surface area contributed by atoms with E-state index in [9.17, 15) is 14.7 Å². The van der Waals surface area contributed by atoms with Crippen LogP contribution in [0.25, 0.3) is 22.6 Å². The Morgan fingerprint density at radius 3 is 2.21 bits per heavy atom. The molecule has 2 aliphatic heterocycles. The monoisotopic (exact) mass is 757 g/mol. The maximum absolute atomic E-state index is 13.7. The van der Waals surface area contributed by atoms with Gasteiger partial charge in [-0.15, -0.1) is 11.3 Å². The Bertz CT molecular complexity index is 2390.